The molecule has 1 heterocycles. The minimum atomic E-state index is -3.46. The highest BCUT2D eigenvalue weighted by Gasteiger charge is 2.31. The van der Waals surface area contributed by atoms with Gasteiger partial charge in [0.1, 0.15) is 6.61 Å². The van der Waals surface area contributed by atoms with E-state index in [4.69, 9.17) is 5.11 Å². The van der Waals surface area contributed by atoms with Crippen molar-refractivity contribution in [3.05, 3.63) is 29.8 Å². The maximum atomic E-state index is 12.7. The Kier molecular flexibility index (Phi) is 5.04. The summed E-state index contributed by atoms with van der Waals surface area (Å²) >= 11 is 0. The van der Waals surface area contributed by atoms with Crippen molar-refractivity contribution in [1.82, 2.24) is 4.31 Å². The predicted molar refractivity (Wildman–Crippen MR) is 82.1 cm³/mol. The zero-order chi connectivity index (χ0) is 15.5. The summed E-state index contributed by atoms with van der Waals surface area (Å²) in [6, 6.07) is 6.59. The topological polar surface area (TPSA) is 57.6 Å². The van der Waals surface area contributed by atoms with Crippen LogP contribution in [0.25, 0.3) is 0 Å². The number of piperidine rings is 1. The lowest BCUT2D eigenvalue weighted by atomic mass is 9.90. The Morgan fingerprint density at radius 2 is 2.10 bits per heavy atom. The summed E-state index contributed by atoms with van der Waals surface area (Å²) in [5.41, 5.74) is 0.601. The molecule has 1 aliphatic rings. The van der Waals surface area contributed by atoms with E-state index in [2.05, 4.69) is 25.7 Å². The van der Waals surface area contributed by atoms with E-state index in [1.807, 2.05) is 0 Å². The molecule has 1 aliphatic heterocycles. The maximum absolute atomic E-state index is 12.7. The molecule has 114 valence electrons. The fourth-order valence-corrected chi connectivity index (χ4v) is 4.07. The van der Waals surface area contributed by atoms with E-state index in [9.17, 15) is 8.42 Å². The fraction of sp³-hybridized carbons (Fsp3) is 0.500. The summed E-state index contributed by atoms with van der Waals surface area (Å²) in [6.07, 6.45) is 0.893. The second kappa shape index (κ2) is 6.61. The summed E-state index contributed by atoms with van der Waals surface area (Å²) in [6.45, 7) is 5.16. The average Bonchev–Trinajstić information content (AvgIpc) is 2.48. The second-order valence-electron chi connectivity index (χ2n) is 5.59. The quantitative estimate of drug-likeness (QED) is 0.846. The van der Waals surface area contributed by atoms with Gasteiger partial charge in [-0.1, -0.05) is 31.8 Å². The number of sulfonamides is 1. The third kappa shape index (κ3) is 3.65. The summed E-state index contributed by atoms with van der Waals surface area (Å²) in [5.74, 6) is 6.20. The lowest BCUT2D eigenvalue weighted by molar-refractivity contribution is 0.212. The highest BCUT2D eigenvalue weighted by molar-refractivity contribution is 7.89. The molecule has 1 aromatic rings. The summed E-state index contributed by atoms with van der Waals surface area (Å²) in [7, 11) is -3.46. The van der Waals surface area contributed by atoms with Gasteiger partial charge in [0.25, 0.3) is 0 Å². The second-order valence-corrected chi connectivity index (χ2v) is 7.53. The molecule has 0 amide bonds. The van der Waals surface area contributed by atoms with Crippen molar-refractivity contribution in [2.75, 3.05) is 19.7 Å². The SMILES string of the molecule is CC1CCN(S(=O)(=O)c2cccc(C#CCO)c2)CC1C. The molecule has 1 N–H and O–H groups in total. The number of hydrogen-bond acceptors (Lipinski definition) is 3. The molecule has 0 spiro atoms. The van der Waals surface area contributed by atoms with Crippen LogP contribution in [0.2, 0.25) is 0 Å². The Balaban J connectivity index is 2.27. The molecule has 5 heteroatoms. The Hall–Kier alpha value is -1.35. The van der Waals surface area contributed by atoms with Crippen molar-refractivity contribution in [3.8, 4) is 11.8 Å². The Bertz CT molecular complexity index is 658. The van der Waals surface area contributed by atoms with Crippen LogP contribution in [0.4, 0.5) is 0 Å². The summed E-state index contributed by atoms with van der Waals surface area (Å²) in [5, 5.41) is 8.71. The van der Waals surface area contributed by atoms with Gasteiger partial charge in [0.05, 0.1) is 4.90 Å². The zero-order valence-electron chi connectivity index (χ0n) is 12.4. The van der Waals surface area contributed by atoms with E-state index in [0.29, 0.717) is 30.5 Å². The van der Waals surface area contributed by atoms with Gasteiger partial charge in [-0.25, -0.2) is 8.42 Å². The van der Waals surface area contributed by atoms with Crippen molar-refractivity contribution < 1.29 is 13.5 Å². The lowest BCUT2D eigenvalue weighted by Gasteiger charge is -2.34. The van der Waals surface area contributed by atoms with Crippen LogP contribution in [-0.4, -0.2) is 37.5 Å². The minimum absolute atomic E-state index is 0.238. The first-order valence-electron chi connectivity index (χ1n) is 7.15. The smallest absolute Gasteiger partial charge is 0.243 e. The number of aliphatic hydroxyl groups is 1. The van der Waals surface area contributed by atoms with Crippen LogP contribution in [0.5, 0.6) is 0 Å². The largest absolute Gasteiger partial charge is 0.384 e. The molecule has 2 atom stereocenters. The molecule has 1 aromatic carbocycles. The van der Waals surface area contributed by atoms with Crippen molar-refractivity contribution in [1.29, 1.82) is 0 Å². The molecule has 0 aromatic heterocycles. The summed E-state index contributed by atoms with van der Waals surface area (Å²) in [4.78, 5) is 0.272. The Morgan fingerprint density at radius 1 is 1.33 bits per heavy atom. The number of rotatable bonds is 2. The van der Waals surface area contributed by atoms with Gasteiger partial charge in [0, 0.05) is 18.7 Å². The van der Waals surface area contributed by atoms with Gasteiger partial charge < -0.3 is 5.11 Å². The van der Waals surface area contributed by atoms with E-state index in [1.54, 1.807) is 28.6 Å². The molecular weight excluding hydrogens is 286 g/mol. The third-order valence-electron chi connectivity index (χ3n) is 4.08. The average molecular weight is 307 g/mol. The Labute approximate surface area is 126 Å². The molecule has 0 radical (unpaired) electrons. The van der Waals surface area contributed by atoms with Crippen molar-refractivity contribution in [2.45, 2.75) is 25.2 Å². The molecule has 4 nitrogen and oxygen atoms in total. The van der Waals surface area contributed by atoms with Gasteiger partial charge in [-0.05, 0) is 36.5 Å². The molecule has 1 saturated heterocycles. The van der Waals surface area contributed by atoms with Crippen molar-refractivity contribution in [3.63, 3.8) is 0 Å². The van der Waals surface area contributed by atoms with Gasteiger partial charge >= 0.3 is 0 Å². The first-order valence-corrected chi connectivity index (χ1v) is 8.59. The molecule has 0 saturated carbocycles. The third-order valence-corrected chi connectivity index (χ3v) is 5.94. The van der Waals surface area contributed by atoms with E-state index in [0.717, 1.165) is 6.42 Å². The van der Waals surface area contributed by atoms with Crippen molar-refractivity contribution >= 4 is 10.0 Å². The first-order chi connectivity index (χ1) is 9.95. The van der Waals surface area contributed by atoms with E-state index < -0.39 is 10.0 Å². The Morgan fingerprint density at radius 3 is 2.76 bits per heavy atom. The molecule has 0 bridgehead atoms. The number of aliphatic hydroxyl groups excluding tert-OH is 1. The van der Waals surface area contributed by atoms with E-state index in [1.165, 1.54) is 0 Å². The fourth-order valence-electron chi connectivity index (χ4n) is 2.47. The lowest BCUT2D eigenvalue weighted by Crippen LogP contribution is -2.42. The number of benzene rings is 1. The van der Waals surface area contributed by atoms with Gasteiger partial charge in [-0.15, -0.1) is 0 Å². The molecular formula is C16H21NO3S. The zero-order valence-corrected chi connectivity index (χ0v) is 13.2. The van der Waals surface area contributed by atoms with Gasteiger partial charge in [0.2, 0.25) is 10.0 Å². The van der Waals surface area contributed by atoms with Gasteiger partial charge in [0.15, 0.2) is 0 Å². The normalized spacial score (nSPS) is 23.4. The monoisotopic (exact) mass is 307 g/mol. The number of nitrogens with zero attached hydrogens (tertiary/aromatic N) is 1. The molecule has 0 aliphatic carbocycles. The first kappa shape index (κ1) is 16.0. The van der Waals surface area contributed by atoms with Crippen LogP contribution < -0.4 is 0 Å². The minimum Gasteiger partial charge on any atom is -0.384 e. The predicted octanol–water partition coefficient (Wildman–Crippen LogP) is 1.70. The highest BCUT2D eigenvalue weighted by Crippen LogP contribution is 2.27. The van der Waals surface area contributed by atoms with Crippen LogP contribution in [0.3, 0.4) is 0 Å². The van der Waals surface area contributed by atoms with Crippen LogP contribution in [0, 0.1) is 23.7 Å². The van der Waals surface area contributed by atoms with E-state index in [-0.39, 0.29) is 11.5 Å². The highest BCUT2D eigenvalue weighted by atomic mass is 32.2. The number of hydrogen-bond donors (Lipinski definition) is 1. The molecule has 21 heavy (non-hydrogen) atoms. The standard InChI is InChI=1S/C16H21NO3S/c1-13-8-9-17(12-14(13)2)21(19,20)16-7-3-5-15(11-16)6-4-10-18/h3,5,7,11,13-14,18H,8-10,12H2,1-2H3. The molecule has 1 fully saturated rings. The van der Waals surface area contributed by atoms with Gasteiger partial charge in [-0.2, -0.15) is 4.31 Å². The van der Waals surface area contributed by atoms with Crippen LogP contribution in [0.15, 0.2) is 29.2 Å². The van der Waals surface area contributed by atoms with Crippen LogP contribution in [0.1, 0.15) is 25.8 Å². The molecule has 2 rings (SSSR count). The van der Waals surface area contributed by atoms with Crippen LogP contribution in [-0.2, 0) is 10.0 Å². The summed E-state index contributed by atoms with van der Waals surface area (Å²) < 4.78 is 27.0. The van der Waals surface area contributed by atoms with Crippen molar-refractivity contribution in [2.24, 2.45) is 11.8 Å². The molecule has 2 unspecified atom stereocenters. The maximum Gasteiger partial charge on any atom is 0.243 e. The van der Waals surface area contributed by atoms with Crippen LogP contribution >= 0.6 is 0 Å². The van der Waals surface area contributed by atoms with E-state index >= 15 is 0 Å². The van der Waals surface area contributed by atoms with Gasteiger partial charge in [-0.3, -0.25) is 0 Å².